The molecule has 1 saturated carbocycles. The molecule has 1 aromatic carbocycles. The van der Waals surface area contributed by atoms with Gasteiger partial charge in [-0.2, -0.15) is 4.98 Å². The molecule has 6 nitrogen and oxygen atoms in total. The third kappa shape index (κ3) is 3.92. The van der Waals surface area contributed by atoms with Gasteiger partial charge in [0, 0.05) is 37.2 Å². The minimum absolute atomic E-state index is 0.0444. The summed E-state index contributed by atoms with van der Waals surface area (Å²) in [4.78, 5) is 19.4. The lowest BCUT2D eigenvalue weighted by Crippen LogP contribution is -2.49. The number of fused-ring (bicyclic) bond motifs is 1. The van der Waals surface area contributed by atoms with E-state index in [2.05, 4.69) is 15.2 Å². The minimum atomic E-state index is -0.0444. The molecule has 4 rings (SSSR count). The van der Waals surface area contributed by atoms with Gasteiger partial charge in [-0.3, -0.25) is 4.79 Å². The second-order valence-electron chi connectivity index (χ2n) is 7.90. The first-order valence-electron chi connectivity index (χ1n) is 9.66. The third-order valence-electron chi connectivity index (χ3n) is 5.90. The van der Waals surface area contributed by atoms with Crippen molar-refractivity contribution < 1.29 is 13.9 Å². The molecule has 0 bridgehead atoms. The van der Waals surface area contributed by atoms with E-state index < -0.39 is 0 Å². The van der Waals surface area contributed by atoms with Crippen molar-refractivity contribution in [2.24, 2.45) is 11.3 Å². The summed E-state index contributed by atoms with van der Waals surface area (Å²) in [6, 6.07) is 5.99. The Morgan fingerprint density at radius 2 is 2.30 bits per heavy atom. The van der Waals surface area contributed by atoms with Crippen molar-refractivity contribution in [3.63, 3.8) is 0 Å². The zero-order valence-electron chi connectivity index (χ0n) is 15.7. The van der Waals surface area contributed by atoms with Gasteiger partial charge in [0.2, 0.25) is 5.91 Å². The number of methoxy groups -OCH3 is 1. The molecule has 1 atom stereocenters. The van der Waals surface area contributed by atoms with Crippen molar-refractivity contribution in [3.8, 4) is 0 Å². The SMILES string of the molecule is COCC1(CNC(=O)C2CCCN(c3nc4cc(Cl)ccc4o3)C2)CCC1. The summed E-state index contributed by atoms with van der Waals surface area (Å²) in [7, 11) is 1.73. The van der Waals surface area contributed by atoms with Crippen molar-refractivity contribution in [2.45, 2.75) is 32.1 Å². The average molecular weight is 392 g/mol. The number of anilines is 1. The molecule has 1 aromatic heterocycles. The second-order valence-corrected chi connectivity index (χ2v) is 8.33. The molecule has 146 valence electrons. The molecule has 7 heteroatoms. The van der Waals surface area contributed by atoms with Gasteiger partial charge >= 0.3 is 0 Å². The Morgan fingerprint density at radius 1 is 1.44 bits per heavy atom. The van der Waals surface area contributed by atoms with Gasteiger partial charge in [-0.15, -0.1) is 0 Å². The maximum Gasteiger partial charge on any atom is 0.298 e. The summed E-state index contributed by atoms with van der Waals surface area (Å²) in [6.45, 7) is 2.90. The molecule has 2 heterocycles. The number of benzene rings is 1. The van der Waals surface area contributed by atoms with Gasteiger partial charge < -0.3 is 19.4 Å². The van der Waals surface area contributed by atoms with Gasteiger partial charge in [-0.05, 0) is 43.9 Å². The quantitative estimate of drug-likeness (QED) is 0.814. The van der Waals surface area contributed by atoms with Gasteiger partial charge in [0.25, 0.3) is 6.01 Å². The molecule has 2 fully saturated rings. The Balaban J connectivity index is 1.39. The number of oxazole rings is 1. The van der Waals surface area contributed by atoms with Crippen LogP contribution in [0.5, 0.6) is 0 Å². The van der Waals surface area contributed by atoms with Crippen LogP contribution in [0.15, 0.2) is 22.6 Å². The molecule has 1 N–H and O–H groups in total. The molecule has 1 unspecified atom stereocenters. The first kappa shape index (κ1) is 18.6. The van der Waals surface area contributed by atoms with Crippen LogP contribution >= 0.6 is 11.6 Å². The predicted octanol–water partition coefficient (Wildman–Crippen LogP) is 3.63. The number of ether oxygens (including phenoxy) is 1. The van der Waals surface area contributed by atoms with Gasteiger partial charge in [0.1, 0.15) is 5.52 Å². The fourth-order valence-corrected chi connectivity index (χ4v) is 4.33. The van der Waals surface area contributed by atoms with Crippen LogP contribution in [-0.2, 0) is 9.53 Å². The average Bonchev–Trinajstić information content (AvgIpc) is 3.07. The monoisotopic (exact) mass is 391 g/mol. The summed E-state index contributed by atoms with van der Waals surface area (Å²) in [5, 5.41) is 3.81. The van der Waals surface area contributed by atoms with Crippen LogP contribution in [0.1, 0.15) is 32.1 Å². The Morgan fingerprint density at radius 3 is 3.04 bits per heavy atom. The lowest BCUT2D eigenvalue weighted by Gasteiger charge is -2.42. The molecule has 1 saturated heterocycles. The lowest BCUT2D eigenvalue weighted by molar-refractivity contribution is -0.126. The highest BCUT2D eigenvalue weighted by atomic mass is 35.5. The molecule has 1 amide bonds. The smallest absolute Gasteiger partial charge is 0.298 e. The number of halogens is 1. The van der Waals surface area contributed by atoms with E-state index >= 15 is 0 Å². The summed E-state index contributed by atoms with van der Waals surface area (Å²) in [6.07, 6.45) is 5.32. The largest absolute Gasteiger partial charge is 0.423 e. The first-order chi connectivity index (χ1) is 13.1. The van der Waals surface area contributed by atoms with E-state index in [1.54, 1.807) is 19.2 Å². The van der Waals surface area contributed by atoms with E-state index in [0.29, 0.717) is 29.7 Å². The van der Waals surface area contributed by atoms with Gasteiger partial charge in [-0.1, -0.05) is 18.0 Å². The van der Waals surface area contributed by atoms with Crippen molar-refractivity contribution in [3.05, 3.63) is 23.2 Å². The number of carbonyl (C=O) groups is 1. The van der Waals surface area contributed by atoms with Gasteiger partial charge in [0.05, 0.1) is 12.5 Å². The number of hydrogen-bond donors (Lipinski definition) is 1. The van der Waals surface area contributed by atoms with Crippen LogP contribution in [-0.4, -0.2) is 44.2 Å². The molecule has 2 aromatic rings. The Labute approximate surface area is 164 Å². The number of rotatable bonds is 6. The molecule has 0 spiro atoms. The van der Waals surface area contributed by atoms with E-state index in [9.17, 15) is 4.79 Å². The lowest BCUT2D eigenvalue weighted by atomic mass is 9.69. The van der Waals surface area contributed by atoms with Crippen LogP contribution in [0, 0.1) is 11.3 Å². The number of piperidine rings is 1. The van der Waals surface area contributed by atoms with E-state index in [1.165, 1.54) is 6.42 Å². The van der Waals surface area contributed by atoms with E-state index in [1.807, 2.05) is 6.07 Å². The number of amides is 1. The summed E-state index contributed by atoms with van der Waals surface area (Å²) in [5.41, 5.74) is 1.60. The first-order valence-corrected chi connectivity index (χ1v) is 10.0. The molecule has 0 radical (unpaired) electrons. The Kier molecular flexibility index (Phi) is 5.28. The van der Waals surface area contributed by atoms with Gasteiger partial charge in [-0.25, -0.2) is 0 Å². The van der Waals surface area contributed by atoms with E-state index in [-0.39, 0.29) is 17.2 Å². The maximum atomic E-state index is 12.7. The van der Waals surface area contributed by atoms with Crippen LogP contribution in [0.4, 0.5) is 6.01 Å². The van der Waals surface area contributed by atoms with Crippen molar-refractivity contribution in [2.75, 3.05) is 38.3 Å². The number of hydrogen-bond acceptors (Lipinski definition) is 5. The van der Waals surface area contributed by atoms with Crippen LogP contribution in [0.2, 0.25) is 5.02 Å². The second kappa shape index (κ2) is 7.68. The maximum absolute atomic E-state index is 12.7. The predicted molar refractivity (Wildman–Crippen MR) is 105 cm³/mol. The minimum Gasteiger partial charge on any atom is -0.423 e. The standard InChI is InChI=1S/C20H26ClN3O3/c1-26-13-20(7-3-8-20)12-22-18(25)14-4-2-9-24(11-14)19-23-16-10-15(21)5-6-17(16)27-19/h5-6,10,14H,2-4,7-9,11-13H2,1H3,(H,22,25). The van der Waals surface area contributed by atoms with Crippen molar-refractivity contribution in [1.29, 1.82) is 0 Å². The highest BCUT2D eigenvalue weighted by molar-refractivity contribution is 6.31. The number of nitrogens with zero attached hydrogens (tertiary/aromatic N) is 2. The normalized spacial score (nSPS) is 21.9. The summed E-state index contributed by atoms with van der Waals surface area (Å²) in [5.74, 6) is 0.0817. The molecule has 2 aliphatic rings. The number of aromatic nitrogens is 1. The third-order valence-corrected chi connectivity index (χ3v) is 6.14. The molecule has 1 aliphatic heterocycles. The zero-order valence-corrected chi connectivity index (χ0v) is 16.4. The highest BCUT2D eigenvalue weighted by Gasteiger charge is 2.38. The van der Waals surface area contributed by atoms with E-state index in [0.717, 1.165) is 44.4 Å². The zero-order chi connectivity index (χ0) is 18.9. The number of nitrogens with one attached hydrogen (secondary N) is 1. The molecular weight excluding hydrogens is 366 g/mol. The fourth-order valence-electron chi connectivity index (χ4n) is 4.16. The molecule has 1 aliphatic carbocycles. The summed E-state index contributed by atoms with van der Waals surface area (Å²) < 4.78 is 11.2. The Bertz CT molecular complexity index is 818. The van der Waals surface area contributed by atoms with Crippen molar-refractivity contribution in [1.82, 2.24) is 10.3 Å². The van der Waals surface area contributed by atoms with Crippen LogP contribution in [0.3, 0.4) is 0 Å². The fraction of sp³-hybridized carbons (Fsp3) is 0.600. The molecule has 27 heavy (non-hydrogen) atoms. The van der Waals surface area contributed by atoms with Crippen LogP contribution in [0.25, 0.3) is 11.1 Å². The molecular formula is C20H26ClN3O3. The van der Waals surface area contributed by atoms with Crippen LogP contribution < -0.4 is 10.2 Å². The van der Waals surface area contributed by atoms with Gasteiger partial charge in [0.15, 0.2) is 5.58 Å². The van der Waals surface area contributed by atoms with E-state index in [4.69, 9.17) is 20.8 Å². The summed E-state index contributed by atoms with van der Waals surface area (Å²) >= 11 is 6.03. The Hall–Kier alpha value is -1.79. The number of carbonyl (C=O) groups excluding carboxylic acids is 1. The van der Waals surface area contributed by atoms with Crippen molar-refractivity contribution >= 4 is 34.6 Å². The highest BCUT2D eigenvalue weighted by Crippen LogP contribution is 2.40. The topological polar surface area (TPSA) is 67.6 Å².